The van der Waals surface area contributed by atoms with Gasteiger partial charge in [0.25, 0.3) is 5.91 Å². The molecule has 1 aromatic rings. The van der Waals surface area contributed by atoms with Crippen LogP contribution in [0.2, 0.25) is 0 Å². The fourth-order valence-electron chi connectivity index (χ4n) is 4.86. The van der Waals surface area contributed by atoms with Crippen molar-refractivity contribution in [1.82, 2.24) is 9.80 Å². The molecule has 3 fully saturated rings. The highest BCUT2D eigenvalue weighted by atomic mass is 19.4. The largest absolute Gasteiger partial charge is 0.490 e. The Morgan fingerprint density at radius 3 is 2.42 bits per heavy atom. The van der Waals surface area contributed by atoms with Crippen molar-refractivity contribution in [3.63, 3.8) is 0 Å². The van der Waals surface area contributed by atoms with Gasteiger partial charge in [-0.05, 0) is 42.7 Å². The third-order valence-corrected chi connectivity index (χ3v) is 6.64. The van der Waals surface area contributed by atoms with Crippen LogP contribution in [0.25, 0.3) is 0 Å². The van der Waals surface area contributed by atoms with E-state index in [-0.39, 0.29) is 17.6 Å². The van der Waals surface area contributed by atoms with Crippen molar-refractivity contribution in [2.45, 2.75) is 56.5 Å². The number of benzene rings is 1. The molecule has 1 saturated carbocycles. The van der Waals surface area contributed by atoms with Gasteiger partial charge in [-0.3, -0.25) is 9.69 Å². The summed E-state index contributed by atoms with van der Waals surface area (Å²) in [5.74, 6) is -1.68. The molecular weight excluding hydrogens is 413 g/mol. The minimum absolute atomic E-state index is 0.0702. The number of likely N-dealkylation sites (tertiary alicyclic amines) is 1. The highest BCUT2D eigenvalue weighted by Gasteiger charge is 2.53. The van der Waals surface area contributed by atoms with Gasteiger partial charge in [0.1, 0.15) is 6.10 Å². The summed E-state index contributed by atoms with van der Waals surface area (Å²) in [5.41, 5.74) is 2.76. The smallest absolute Gasteiger partial charge is 0.475 e. The SMILES string of the molecule is O=C(C1CC2(CO1)c1ccccc1CN2CC1CC1)N1CCCC1.O=C(O)C(F)(F)F. The number of carboxylic acid groups (broad SMARTS) is 1. The predicted molar refractivity (Wildman–Crippen MR) is 105 cm³/mol. The average Bonchev–Trinajstić information content (AvgIpc) is 3.14. The Morgan fingerprint density at radius 2 is 1.81 bits per heavy atom. The van der Waals surface area contributed by atoms with Crippen LogP contribution in [0, 0.1) is 5.92 Å². The molecule has 5 rings (SSSR count). The van der Waals surface area contributed by atoms with Gasteiger partial charge in [-0.15, -0.1) is 0 Å². The monoisotopic (exact) mass is 440 g/mol. The van der Waals surface area contributed by atoms with Crippen LogP contribution in [0.15, 0.2) is 24.3 Å². The maximum Gasteiger partial charge on any atom is 0.490 e. The number of nitrogens with zero attached hydrogens (tertiary/aromatic N) is 2. The van der Waals surface area contributed by atoms with E-state index in [1.54, 1.807) is 0 Å². The minimum Gasteiger partial charge on any atom is -0.475 e. The summed E-state index contributed by atoms with van der Waals surface area (Å²) >= 11 is 0. The van der Waals surface area contributed by atoms with Crippen molar-refractivity contribution in [2.24, 2.45) is 5.92 Å². The lowest BCUT2D eigenvalue weighted by atomic mass is 9.86. The summed E-state index contributed by atoms with van der Waals surface area (Å²) in [6, 6.07) is 8.78. The van der Waals surface area contributed by atoms with E-state index < -0.39 is 12.1 Å². The molecule has 31 heavy (non-hydrogen) atoms. The Kier molecular flexibility index (Phi) is 6.00. The molecule has 6 nitrogen and oxygen atoms in total. The van der Waals surface area contributed by atoms with E-state index >= 15 is 0 Å². The molecule has 1 spiro atoms. The molecule has 1 aromatic carbocycles. The van der Waals surface area contributed by atoms with Gasteiger partial charge >= 0.3 is 12.1 Å². The quantitative estimate of drug-likeness (QED) is 0.782. The fourth-order valence-corrected chi connectivity index (χ4v) is 4.86. The first kappa shape index (κ1) is 22.1. The zero-order chi connectivity index (χ0) is 22.2. The zero-order valence-corrected chi connectivity index (χ0v) is 17.2. The number of hydrogen-bond acceptors (Lipinski definition) is 4. The van der Waals surface area contributed by atoms with Crippen LogP contribution in [0.3, 0.4) is 0 Å². The summed E-state index contributed by atoms with van der Waals surface area (Å²) in [4.78, 5) is 26.3. The van der Waals surface area contributed by atoms with Gasteiger partial charge in [-0.25, -0.2) is 4.79 Å². The van der Waals surface area contributed by atoms with Crippen LogP contribution in [0.5, 0.6) is 0 Å². The van der Waals surface area contributed by atoms with Crippen LogP contribution in [0.1, 0.15) is 43.2 Å². The minimum atomic E-state index is -5.08. The Bertz CT molecular complexity index is 836. The van der Waals surface area contributed by atoms with Gasteiger partial charge in [0.05, 0.1) is 12.1 Å². The number of ether oxygens (including phenoxy) is 1. The average molecular weight is 440 g/mol. The molecular formula is C22H27F3N2O4. The first-order chi connectivity index (χ1) is 14.7. The molecule has 2 saturated heterocycles. The number of aliphatic carboxylic acids is 1. The van der Waals surface area contributed by atoms with Crippen LogP contribution in [-0.2, 0) is 26.4 Å². The first-order valence-electron chi connectivity index (χ1n) is 10.7. The second-order valence-electron chi connectivity index (χ2n) is 8.85. The lowest BCUT2D eigenvalue weighted by Gasteiger charge is -2.35. The van der Waals surface area contributed by atoms with Crippen LogP contribution >= 0.6 is 0 Å². The molecule has 2 unspecified atom stereocenters. The van der Waals surface area contributed by atoms with Gasteiger partial charge in [-0.2, -0.15) is 13.2 Å². The molecule has 1 N–H and O–H groups in total. The maximum absolute atomic E-state index is 12.8. The molecule has 0 aromatic heterocycles. The molecule has 1 amide bonds. The summed E-state index contributed by atoms with van der Waals surface area (Å²) in [6.07, 6.45) is 0.489. The van der Waals surface area contributed by atoms with Crippen LogP contribution < -0.4 is 0 Å². The Labute approximate surface area is 179 Å². The van der Waals surface area contributed by atoms with Crippen molar-refractivity contribution in [1.29, 1.82) is 0 Å². The molecule has 0 bridgehead atoms. The maximum atomic E-state index is 12.8. The second kappa shape index (κ2) is 8.43. The molecule has 9 heteroatoms. The summed E-state index contributed by atoms with van der Waals surface area (Å²) in [6.45, 7) is 4.66. The highest BCUT2D eigenvalue weighted by Crippen LogP contribution is 2.48. The Balaban J connectivity index is 0.000000289. The molecule has 170 valence electrons. The van der Waals surface area contributed by atoms with Crippen molar-refractivity contribution < 1.29 is 32.6 Å². The lowest BCUT2D eigenvalue weighted by molar-refractivity contribution is -0.192. The van der Waals surface area contributed by atoms with E-state index in [4.69, 9.17) is 14.6 Å². The molecule has 0 radical (unpaired) electrons. The van der Waals surface area contributed by atoms with E-state index in [2.05, 4.69) is 29.2 Å². The number of alkyl halides is 3. The van der Waals surface area contributed by atoms with E-state index in [1.807, 2.05) is 4.90 Å². The first-order valence-corrected chi connectivity index (χ1v) is 10.7. The van der Waals surface area contributed by atoms with E-state index in [0.717, 1.165) is 51.4 Å². The second-order valence-corrected chi connectivity index (χ2v) is 8.85. The third-order valence-electron chi connectivity index (χ3n) is 6.64. The number of carboxylic acids is 1. The molecule has 3 aliphatic heterocycles. The normalized spacial score (nSPS) is 27.8. The number of carbonyl (C=O) groups excluding carboxylic acids is 1. The predicted octanol–water partition coefficient (Wildman–Crippen LogP) is 3.15. The third kappa shape index (κ3) is 4.57. The van der Waals surface area contributed by atoms with Crippen molar-refractivity contribution in [2.75, 3.05) is 26.2 Å². The van der Waals surface area contributed by atoms with E-state index in [0.29, 0.717) is 6.61 Å². The number of rotatable bonds is 3. The summed E-state index contributed by atoms with van der Waals surface area (Å²) < 4.78 is 37.9. The molecule has 4 aliphatic rings. The number of fused-ring (bicyclic) bond motifs is 2. The zero-order valence-electron chi connectivity index (χ0n) is 17.2. The van der Waals surface area contributed by atoms with Gasteiger partial charge in [-0.1, -0.05) is 24.3 Å². The van der Waals surface area contributed by atoms with Gasteiger partial charge in [0.2, 0.25) is 0 Å². The van der Waals surface area contributed by atoms with Gasteiger partial charge < -0.3 is 14.7 Å². The van der Waals surface area contributed by atoms with Crippen LogP contribution in [0.4, 0.5) is 13.2 Å². The number of carbonyl (C=O) groups is 2. The topological polar surface area (TPSA) is 70.1 Å². The van der Waals surface area contributed by atoms with Gasteiger partial charge in [0, 0.05) is 32.6 Å². The number of hydrogen-bond donors (Lipinski definition) is 1. The van der Waals surface area contributed by atoms with Gasteiger partial charge in [0.15, 0.2) is 0 Å². The Hall–Kier alpha value is -2.13. The van der Waals surface area contributed by atoms with E-state index in [1.165, 1.54) is 24.0 Å². The van der Waals surface area contributed by atoms with Crippen molar-refractivity contribution in [3.05, 3.63) is 35.4 Å². The molecule has 3 heterocycles. The van der Waals surface area contributed by atoms with Crippen molar-refractivity contribution in [3.8, 4) is 0 Å². The van der Waals surface area contributed by atoms with Crippen molar-refractivity contribution >= 4 is 11.9 Å². The summed E-state index contributed by atoms with van der Waals surface area (Å²) in [5, 5.41) is 7.12. The standard InChI is InChI=1S/C20H26N2O2.C2HF3O2/c23-19(21-9-3-4-10-21)18-11-20(14-24-18)17-6-2-1-5-16(17)13-22(20)12-15-7-8-15;3-2(4,5)1(6)7/h1-2,5-6,15,18H,3-4,7-14H2;(H,6,7). The van der Waals surface area contributed by atoms with E-state index in [9.17, 15) is 18.0 Å². The molecule has 2 atom stereocenters. The number of amides is 1. The highest BCUT2D eigenvalue weighted by molar-refractivity contribution is 5.81. The molecule has 1 aliphatic carbocycles. The number of halogens is 3. The fraction of sp³-hybridized carbons (Fsp3) is 0.636. The summed E-state index contributed by atoms with van der Waals surface area (Å²) in [7, 11) is 0. The lowest BCUT2D eigenvalue weighted by Crippen LogP contribution is -2.44. The Morgan fingerprint density at radius 1 is 1.16 bits per heavy atom. The van der Waals surface area contributed by atoms with Crippen LogP contribution in [-0.4, -0.2) is 65.3 Å².